The van der Waals surface area contributed by atoms with Gasteiger partial charge < -0.3 is 24.1 Å². The van der Waals surface area contributed by atoms with Crippen molar-refractivity contribution in [3.63, 3.8) is 0 Å². The van der Waals surface area contributed by atoms with Gasteiger partial charge in [0.1, 0.15) is 11.4 Å². The number of anilines is 1. The van der Waals surface area contributed by atoms with Gasteiger partial charge in [0.05, 0.1) is 17.5 Å². The van der Waals surface area contributed by atoms with Crippen LogP contribution in [-0.4, -0.2) is 54.0 Å². The molecule has 228 valence electrons. The highest BCUT2D eigenvalue weighted by molar-refractivity contribution is 5.98. The summed E-state index contributed by atoms with van der Waals surface area (Å²) in [5, 5.41) is 3.08. The molecule has 3 aromatic rings. The van der Waals surface area contributed by atoms with Crippen molar-refractivity contribution in [2.24, 2.45) is 0 Å². The van der Waals surface area contributed by atoms with Crippen molar-refractivity contribution in [1.29, 1.82) is 0 Å². The quantitative estimate of drug-likeness (QED) is 0.211. The molecule has 0 bridgehead atoms. The van der Waals surface area contributed by atoms with Gasteiger partial charge in [0.25, 0.3) is 11.8 Å². The number of fused-ring (bicyclic) bond motifs is 1. The lowest BCUT2D eigenvalue weighted by atomic mass is 10.1. The number of hydrogen-bond donors (Lipinski definition) is 1. The van der Waals surface area contributed by atoms with E-state index in [0.29, 0.717) is 50.5 Å². The van der Waals surface area contributed by atoms with E-state index in [1.54, 1.807) is 29.3 Å². The summed E-state index contributed by atoms with van der Waals surface area (Å²) in [5.41, 5.74) is 0.537. The number of amides is 2. The van der Waals surface area contributed by atoms with Gasteiger partial charge in [-0.25, -0.2) is 4.39 Å². The zero-order valence-electron chi connectivity index (χ0n) is 25.1. The average molecular weight is 581 g/mol. The van der Waals surface area contributed by atoms with Crippen LogP contribution in [-0.2, 0) is 6.54 Å². The smallest absolute Gasteiger partial charge is 0.289 e. The van der Waals surface area contributed by atoms with Crippen LogP contribution in [0.1, 0.15) is 99.0 Å². The molecule has 1 aliphatic rings. The number of carbonyl (C=O) groups excluding carboxylic acids is 2. The van der Waals surface area contributed by atoms with Crippen LogP contribution in [0.2, 0.25) is 0 Å². The number of pyridine rings is 1. The van der Waals surface area contributed by atoms with Crippen LogP contribution in [0.4, 0.5) is 10.1 Å². The van der Waals surface area contributed by atoms with Crippen LogP contribution >= 0.6 is 0 Å². The number of aryl methyl sites for hydroxylation is 1. The van der Waals surface area contributed by atoms with Crippen LogP contribution in [0.15, 0.2) is 45.9 Å². The third-order valence-electron chi connectivity index (χ3n) is 8.19. The molecule has 1 fully saturated rings. The summed E-state index contributed by atoms with van der Waals surface area (Å²) in [7, 11) is 0. The van der Waals surface area contributed by atoms with Crippen molar-refractivity contribution in [1.82, 2.24) is 14.8 Å². The second kappa shape index (κ2) is 15.6. The Hall–Kier alpha value is -3.62. The summed E-state index contributed by atoms with van der Waals surface area (Å²) in [6.07, 6.45) is 15.2. The fourth-order valence-electron chi connectivity index (χ4n) is 5.68. The van der Waals surface area contributed by atoms with Crippen molar-refractivity contribution >= 4 is 28.4 Å². The van der Waals surface area contributed by atoms with Gasteiger partial charge in [-0.3, -0.25) is 14.4 Å². The maximum absolute atomic E-state index is 15.4. The minimum atomic E-state index is -0.518. The zero-order valence-corrected chi connectivity index (χ0v) is 25.1. The van der Waals surface area contributed by atoms with Gasteiger partial charge in [0.15, 0.2) is 5.76 Å². The van der Waals surface area contributed by atoms with E-state index in [4.69, 9.17) is 4.42 Å². The molecule has 1 aliphatic heterocycles. The fourth-order valence-corrected chi connectivity index (χ4v) is 5.68. The molecule has 0 aliphatic carbocycles. The molecule has 4 rings (SSSR count). The number of hydrogen-bond acceptors (Lipinski definition) is 5. The molecule has 2 amide bonds. The first-order valence-electron chi connectivity index (χ1n) is 15.7. The average Bonchev–Trinajstić information content (AvgIpc) is 3.55. The number of furan rings is 1. The number of aromatic nitrogens is 1. The minimum Gasteiger partial charge on any atom is -0.459 e. The number of benzene rings is 1. The Morgan fingerprint density at radius 1 is 0.929 bits per heavy atom. The highest BCUT2D eigenvalue weighted by Gasteiger charge is 2.26. The topological polar surface area (TPSA) is 87.8 Å². The van der Waals surface area contributed by atoms with Crippen molar-refractivity contribution in [3.8, 4) is 0 Å². The largest absolute Gasteiger partial charge is 0.459 e. The Labute approximate surface area is 247 Å². The minimum absolute atomic E-state index is 0.0358. The van der Waals surface area contributed by atoms with Crippen LogP contribution in [0, 0.1) is 5.82 Å². The Kier molecular flexibility index (Phi) is 11.6. The Morgan fingerprint density at radius 2 is 1.60 bits per heavy atom. The number of nitrogens with one attached hydrogen (secondary N) is 1. The predicted molar refractivity (Wildman–Crippen MR) is 165 cm³/mol. The van der Waals surface area contributed by atoms with E-state index < -0.39 is 17.2 Å². The molecular formula is C33H45FN4O4. The molecule has 3 heterocycles. The van der Waals surface area contributed by atoms with Crippen LogP contribution in [0.5, 0.6) is 0 Å². The molecule has 0 spiro atoms. The first-order valence-corrected chi connectivity index (χ1v) is 15.7. The first kappa shape index (κ1) is 31.3. The molecule has 9 heteroatoms. The van der Waals surface area contributed by atoms with Crippen molar-refractivity contribution in [2.75, 3.05) is 37.6 Å². The third kappa shape index (κ3) is 7.81. The highest BCUT2D eigenvalue weighted by Crippen LogP contribution is 2.27. The molecule has 42 heavy (non-hydrogen) atoms. The van der Waals surface area contributed by atoms with Gasteiger partial charge in [-0.05, 0) is 37.6 Å². The van der Waals surface area contributed by atoms with Gasteiger partial charge >= 0.3 is 0 Å². The Morgan fingerprint density at radius 3 is 2.21 bits per heavy atom. The molecule has 1 aromatic carbocycles. The molecule has 2 aromatic heterocycles. The van der Waals surface area contributed by atoms with E-state index >= 15 is 4.39 Å². The maximum Gasteiger partial charge on any atom is 0.289 e. The molecule has 0 saturated carbocycles. The number of nitrogens with zero attached hydrogens (tertiary/aromatic N) is 3. The second-order valence-electron chi connectivity index (χ2n) is 11.2. The molecule has 1 saturated heterocycles. The number of halogens is 1. The van der Waals surface area contributed by atoms with Gasteiger partial charge in [0, 0.05) is 50.9 Å². The SMILES string of the molecule is CCCCCCCCCCCCNC(=O)c1cn(CC)c2cc(N3CCN(C(=O)c4ccco4)CC3)c(F)cc2c1=O. The summed E-state index contributed by atoms with van der Waals surface area (Å²) in [6, 6.07) is 6.24. The number of carbonyl (C=O) groups is 2. The Bertz CT molecular complexity index is 1380. The standard InChI is InChI=1S/C33H45FN4O4/c1-3-5-6-7-8-9-10-11-12-13-16-35-32(40)26-24-36(4-2)28-23-29(27(34)22-25(28)31(26)39)37-17-19-38(20-18-37)33(41)30-15-14-21-42-30/h14-15,21-24H,3-13,16-20H2,1-2H3,(H,35,40). The number of unbranched alkanes of at least 4 members (excludes halogenated alkanes) is 9. The van der Waals surface area contributed by atoms with Crippen LogP contribution < -0.4 is 15.6 Å². The lowest BCUT2D eigenvalue weighted by Crippen LogP contribution is -2.49. The van der Waals surface area contributed by atoms with Crippen molar-refractivity contribution < 1.29 is 18.4 Å². The van der Waals surface area contributed by atoms with Crippen LogP contribution in [0.3, 0.4) is 0 Å². The summed E-state index contributed by atoms with van der Waals surface area (Å²) in [5.74, 6) is -0.828. The molecule has 0 radical (unpaired) electrons. The van der Waals surface area contributed by atoms with E-state index in [9.17, 15) is 14.4 Å². The van der Waals surface area contributed by atoms with E-state index in [0.717, 1.165) is 19.3 Å². The van der Waals surface area contributed by atoms with E-state index in [1.807, 2.05) is 16.4 Å². The molecule has 8 nitrogen and oxygen atoms in total. The first-order chi connectivity index (χ1) is 20.4. The molecule has 1 N–H and O–H groups in total. The normalized spacial score (nSPS) is 13.6. The molecule has 0 atom stereocenters. The highest BCUT2D eigenvalue weighted by atomic mass is 19.1. The van der Waals surface area contributed by atoms with Gasteiger partial charge in [-0.1, -0.05) is 64.7 Å². The van der Waals surface area contributed by atoms with Crippen LogP contribution in [0.25, 0.3) is 10.9 Å². The number of piperazine rings is 1. The predicted octanol–water partition coefficient (Wildman–Crippen LogP) is 6.37. The van der Waals surface area contributed by atoms with E-state index in [2.05, 4.69) is 12.2 Å². The second-order valence-corrected chi connectivity index (χ2v) is 11.2. The lowest BCUT2D eigenvalue weighted by molar-refractivity contribution is 0.0714. The maximum atomic E-state index is 15.4. The Balaban J connectivity index is 1.34. The summed E-state index contributed by atoms with van der Waals surface area (Å²) in [6.45, 7) is 6.94. The van der Waals surface area contributed by atoms with Crippen molar-refractivity contribution in [2.45, 2.75) is 84.6 Å². The number of rotatable bonds is 15. The van der Waals surface area contributed by atoms with E-state index in [-0.39, 0.29) is 22.6 Å². The molecule has 0 unspecified atom stereocenters. The third-order valence-corrected chi connectivity index (χ3v) is 8.19. The van der Waals surface area contributed by atoms with Gasteiger partial charge in [-0.15, -0.1) is 0 Å². The summed E-state index contributed by atoms with van der Waals surface area (Å²) >= 11 is 0. The summed E-state index contributed by atoms with van der Waals surface area (Å²) in [4.78, 5) is 42.4. The fraction of sp³-hybridized carbons (Fsp3) is 0.545. The summed E-state index contributed by atoms with van der Waals surface area (Å²) < 4.78 is 22.4. The monoisotopic (exact) mass is 580 g/mol. The zero-order chi connectivity index (χ0) is 29.9. The van der Waals surface area contributed by atoms with Gasteiger partial charge in [0.2, 0.25) is 5.43 Å². The lowest BCUT2D eigenvalue weighted by Gasteiger charge is -2.36. The van der Waals surface area contributed by atoms with Crippen molar-refractivity contribution in [3.05, 3.63) is 64.1 Å². The molecular weight excluding hydrogens is 535 g/mol. The van der Waals surface area contributed by atoms with E-state index in [1.165, 1.54) is 57.3 Å². The van der Waals surface area contributed by atoms with Gasteiger partial charge in [-0.2, -0.15) is 0 Å².